The molecule has 1 aliphatic carbocycles. The van der Waals surface area contributed by atoms with Crippen molar-refractivity contribution >= 4 is 11.6 Å². The fraction of sp³-hybridized carbons (Fsp3) is 0.320. The third-order valence-corrected chi connectivity index (χ3v) is 5.90. The molecule has 3 nitrogen and oxygen atoms in total. The lowest BCUT2D eigenvalue weighted by atomic mass is 9.86. The molecule has 3 aromatic rings. The Morgan fingerprint density at radius 2 is 1.62 bits per heavy atom. The Morgan fingerprint density at radius 1 is 0.931 bits per heavy atom. The van der Waals surface area contributed by atoms with Crippen LogP contribution in [0.3, 0.4) is 0 Å². The molecule has 0 N–H and O–H groups in total. The van der Waals surface area contributed by atoms with Crippen LogP contribution >= 0.6 is 11.6 Å². The van der Waals surface area contributed by atoms with Gasteiger partial charge in [0.2, 0.25) is 0 Å². The van der Waals surface area contributed by atoms with E-state index >= 15 is 0 Å². The number of methoxy groups -OCH3 is 1. The summed E-state index contributed by atoms with van der Waals surface area (Å²) in [5.41, 5.74) is 3.68. The standard InChI is InChI=1S/C25H26ClNO2/c1-28-24-11-8-20(17-25(24)29-22-4-2-3-5-22)23(16-18-12-14-27-15-13-18)19-6-9-21(26)10-7-19/h6-15,17,22-23H,2-5,16H2,1H3. The highest BCUT2D eigenvalue weighted by Gasteiger charge is 2.21. The first-order valence-corrected chi connectivity index (χ1v) is 10.6. The van der Waals surface area contributed by atoms with E-state index in [-0.39, 0.29) is 12.0 Å². The molecular formula is C25H26ClNO2. The van der Waals surface area contributed by atoms with Crippen LogP contribution in [0.5, 0.6) is 11.5 Å². The van der Waals surface area contributed by atoms with Crippen molar-refractivity contribution in [1.82, 2.24) is 4.98 Å². The van der Waals surface area contributed by atoms with Crippen LogP contribution in [0.2, 0.25) is 5.02 Å². The first-order valence-electron chi connectivity index (χ1n) is 10.2. The molecule has 1 saturated carbocycles. The molecule has 2 aromatic carbocycles. The van der Waals surface area contributed by atoms with Crippen LogP contribution in [0.4, 0.5) is 0 Å². The van der Waals surface area contributed by atoms with Crippen LogP contribution in [0.1, 0.15) is 48.3 Å². The van der Waals surface area contributed by atoms with Crippen molar-refractivity contribution in [3.63, 3.8) is 0 Å². The molecule has 4 rings (SSSR count). The zero-order valence-corrected chi connectivity index (χ0v) is 17.4. The maximum Gasteiger partial charge on any atom is 0.161 e. The quantitative estimate of drug-likeness (QED) is 0.451. The van der Waals surface area contributed by atoms with Crippen LogP contribution in [-0.2, 0) is 6.42 Å². The maximum absolute atomic E-state index is 6.34. The van der Waals surface area contributed by atoms with Crippen molar-refractivity contribution in [2.24, 2.45) is 0 Å². The Morgan fingerprint density at radius 3 is 2.31 bits per heavy atom. The van der Waals surface area contributed by atoms with E-state index in [0.29, 0.717) is 0 Å². The first kappa shape index (κ1) is 19.8. The van der Waals surface area contributed by atoms with Gasteiger partial charge < -0.3 is 9.47 Å². The number of hydrogen-bond acceptors (Lipinski definition) is 3. The average molecular weight is 408 g/mol. The van der Waals surface area contributed by atoms with E-state index in [1.165, 1.54) is 29.5 Å². The molecule has 0 bridgehead atoms. The Hall–Kier alpha value is -2.52. The highest BCUT2D eigenvalue weighted by atomic mass is 35.5. The van der Waals surface area contributed by atoms with Gasteiger partial charge in [0.05, 0.1) is 13.2 Å². The second kappa shape index (κ2) is 9.32. The van der Waals surface area contributed by atoms with Gasteiger partial charge in [0.25, 0.3) is 0 Å². The summed E-state index contributed by atoms with van der Waals surface area (Å²) in [4.78, 5) is 4.15. The zero-order chi connectivity index (χ0) is 20.1. The second-order valence-corrected chi connectivity index (χ2v) is 8.03. The largest absolute Gasteiger partial charge is 0.493 e. The summed E-state index contributed by atoms with van der Waals surface area (Å²) >= 11 is 6.14. The minimum absolute atomic E-state index is 0.187. The molecule has 0 aliphatic heterocycles. The van der Waals surface area contributed by atoms with E-state index in [4.69, 9.17) is 21.1 Å². The van der Waals surface area contributed by atoms with Crippen LogP contribution in [-0.4, -0.2) is 18.2 Å². The molecule has 1 aliphatic rings. The predicted molar refractivity (Wildman–Crippen MR) is 117 cm³/mol. The van der Waals surface area contributed by atoms with E-state index in [0.717, 1.165) is 35.8 Å². The molecule has 1 heterocycles. The lowest BCUT2D eigenvalue weighted by Crippen LogP contribution is -2.12. The summed E-state index contributed by atoms with van der Waals surface area (Å²) < 4.78 is 11.9. The van der Waals surface area contributed by atoms with Gasteiger partial charge >= 0.3 is 0 Å². The molecule has 0 saturated heterocycles. The molecule has 0 spiro atoms. The van der Waals surface area contributed by atoms with E-state index < -0.39 is 0 Å². The maximum atomic E-state index is 6.34. The van der Waals surface area contributed by atoms with Crippen molar-refractivity contribution in [3.05, 3.63) is 88.7 Å². The van der Waals surface area contributed by atoms with Gasteiger partial charge in [-0.2, -0.15) is 0 Å². The van der Waals surface area contributed by atoms with Gasteiger partial charge in [0.15, 0.2) is 11.5 Å². The van der Waals surface area contributed by atoms with Crippen molar-refractivity contribution in [1.29, 1.82) is 0 Å². The number of aromatic nitrogens is 1. The number of ether oxygens (including phenoxy) is 2. The van der Waals surface area contributed by atoms with Crippen molar-refractivity contribution < 1.29 is 9.47 Å². The number of benzene rings is 2. The van der Waals surface area contributed by atoms with E-state index in [9.17, 15) is 0 Å². The summed E-state index contributed by atoms with van der Waals surface area (Å²) in [6.45, 7) is 0. The normalized spacial score (nSPS) is 15.2. The Kier molecular flexibility index (Phi) is 6.36. The SMILES string of the molecule is COc1ccc(C(Cc2ccncc2)c2ccc(Cl)cc2)cc1OC1CCCC1. The Labute approximate surface area is 177 Å². The summed E-state index contributed by atoms with van der Waals surface area (Å²) in [6.07, 6.45) is 9.56. The minimum atomic E-state index is 0.187. The third kappa shape index (κ3) is 4.91. The lowest BCUT2D eigenvalue weighted by Gasteiger charge is -2.22. The Balaban J connectivity index is 1.69. The molecular weight excluding hydrogens is 382 g/mol. The van der Waals surface area contributed by atoms with Crippen LogP contribution in [0.25, 0.3) is 0 Å². The van der Waals surface area contributed by atoms with Crippen LogP contribution in [0.15, 0.2) is 67.0 Å². The molecule has 1 fully saturated rings. The van der Waals surface area contributed by atoms with Crippen molar-refractivity contribution in [2.45, 2.75) is 44.1 Å². The van der Waals surface area contributed by atoms with E-state index in [1.54, 1.807) is 7.11 Å². The van der Waals surface area contributed by atoms with Gasteiger partial charge in [-0.25, -0.2) is 0 Å². The van der Waals surface area contributed by atoms with Crippen molar-refractivity contribution in [2.75, 3.05) is 7.11 Å². The van der Waals surface area contributed by atoms with Crippen LogP contribution < -0.4 is 9.47 Å². The molecule has 1 aromatic heterocycles. The number of pyridine rings is 1. The highest BCUT2D eigenvalue weighted by molar-refractivity contribution is 6.30. The second-order valence-electron chi connectivity index (χ2n) is 7.60. The number of nitrogens with zero attached hydrogens (tertiary/aromatic N) is 1. The molecule has 0 radical (unpaired) electrons. The van der Waals surface area contributed by atoms with Gasteiger partial charge in [0, 0.05) is 23.3 Å². The lowest BCUT2D eigenvalue weighted by molar-refractivity contribution is 0.200. The summed E-state index contributed by atoms with van der Waals surface area (Å²) in [6, 6.07) is 18.6. The number of halogens is 1. The van der Waals surface area contributed by atoms with Gasteiger partial charge in [0.1, 0.15) is 0 Å². The molecule has 0 amide bonds. The van der Waals surface area contributed by atoms with Crippen LogP contribution in [0, 0.1) is 0 Å². The minimum Gasteiger partial charge on any atom is -0.493 e. The molecule has 1 unspecified atom stereocenters. The summed E-state index contributed by atoms with van der Waals surface area (Å²) in [5.74, 6) is 1.82. The molecule has 4 heteroatoms. The van der Waals surface area contributed by atoms with Gasteiger partial charge in [-0.1, -0.05) is 29.8 Å². The monoisotopic (exact) mass is 407 g/mol. The molecule has 150 valence electrons. The van der Waals surface area contributed by atoms with E-state index in [1.807, 2.05) is 30.6 Å². The smallest absolute Gasteiger partial charge is 0.161 e. The van der Waals surface area contributed by atoms with Gasteiger partial charge in [-0.3, -0.25) is 4.98 Å². The van der Waals surface area contributed by atoms with E-state index in [2.05, 4.69) is 41.4 Å². The number of hydrogen-bond donors (Lipinski definition) is 0. The summed E-state index contributed by atoms with van der Waals surface area (Å²) in [5, 5.41) is 0.747. The fourth-order valence-electron chi connectivity index (χ4n) is 4.07. The van der Waals surface area contributed by atoms with Gasteiger partial charge in [-0.05, 0) is 85.2 Å². The fourth-order valence-corrected chi connectivity index (χ4v) is 4.19. The molecule has 1 atom stereocenters. The predicted octanol–water partition coefficient (Wildman–Crippen LogP) is 6.44. The summed E-state index contributed by atoms with van der Waals surface area (Å²) in [7, 11) is 1.70. The third-order valence-electron chi connectivity index (χ3n) is 5.65. The topological polar surface area (TPSA) is 31.4 Å². The Bertz CT molecular complexity index is 921. The first-order chi connectivity index (χ1) is 14.2. The van der Waals surface area contributed by atoms with Gasteiger partial charge in [-0.15, -0.1) is 0 Å². The highest BCUT2D eigenvalue weighted by Crippen LogP contribution is 2.37. The zero-order valence-electron chi connectivity index (χ0n) is 16.7. The molecule has 29 heavy (non-hydrogen) atoms. The number of rotatable bonds is 7. The van der Waals surface area contributed by atoms with Crippen molar-refractivity contribution in [3.8, 4) is 11.5 Å². The average Bonchev–Trinajstić information content (AvgIpc) is 3.27.